The molecule has 19 heavy (non-hydrogen) atoms. The first kappa shape index (κ1) is 12.4. The van der Waals surface area contributed by atoms with Gasteiger partial charge in [-0.05, 0) is 29.3 Å². The van der Waals surface area contributed by atoms with E-state index in [4.69, 9.17) is 0 Å². The maximum absolute atomic E-state index is 13.1. The number of hydrogen-bond acceptors (Lipinski definition) is 2. The van der Waals surface area contributed by atoms with E-state index in [1.807, 2.05) is 18.2 Å². The van der Waals surface area contributed by atoms with E-state index in [2.05, 4.69) is 6.07 Å². The molecule has 2 aromatic rings. The molecule has 0 aliphatic carbocycles. The van der Waals surface area contributed by atoms with E-state index in [-0.39, 0.29) is 17.5 Å². The van der Waals surface area contributed by atoms with E-state index in [0.29, 0.717) is 6.42 Å². The molecule has 1 aliphatic rings. The summed E-state index contributed by atoms with van der Waals surface area (Å²) < 4.78 is 13.1. The zero-order valence-electron chi connectivity index (χ0n) is 10.3. The molecule has 0 fully saturated rings. The molecule has 0 bridgehead atoms. The van der Waals surface area contributed by atoms with Crippen LogP contribution in [-0.2, 0) is 11.2 Å². The third-order valence-corrected chi connectivity index (χ3v) is 4.54. The molecular weight excluding hydrogens is 259 g/mol. The van der Waals surface area contributed by atoms with Crippen LogP contribution in [-0.4, -0.2) is 11.5 Å². The molecular formula is C16H13FOS. The number of benzene rings is 2. The quantitative estimate of drug-likeness (QED) is 0.844. The van der Waals surface area contributed by atoms with Crippen LogP contribution in [0.3, 0.4) is 0 Å². The molecule has 0 amide bonds. The van der Waals surface area contributed by atoms with Gasteiger partial charge < -0.3 is 0 Å². The highest BCUT2D eigenvalue weighted by molar-refractivity contribution is 7.99. The van der Waals surface area contributed by atoms with Gasteiger partial charge in [0.25, 0.3) is 0 Å². The first-order valence-electron chi connectivity index (χ1n) is 6.23. The summed E-state index contributed by atoms with van der Waals surface area (Å²) in [4.78, 5) is 13.5. The Kier molecular flexibility index (Phi) is 3.38. The Balaban J connectivity index is 1.79. The maximum atomic E-state index is 13.1. The van der Waals surface area contributed by atoms with Crippen LogP contribution in [0, 0.1) is 5.82 Å². The smallest absolute Gasteiger partial charge is 0.145 e. The number of fused-ring (bicyclic) bond motifs is 1. The van der Waals surface area contributed by atoms with Crippen molar-refractivity contribution in [2.45, 2.75) is 17.2 Å². The lowest BCUT2D eigenvalue weighted by atomic mass is 9.93. The largest absolute Gasteiger partial charge is 0.299 e. The van der Waals surface area contributed by atoms with E-state index in [9.17, 15) is 9.18 Å². The van der Waals surface area contributed by atoms with E-state index >= 15 is 0 Å². The molecule has 0 saturated carbocycles. The normalized spacial score (nSPS) is 17.2. The lowest BCUT2D eigenvalue weighted by Crippen LogP contribution is -2.14. The minimum absolute atomic E-state index is 0.0514. The average Bonchev–Trinajstić information content (AvgIpc) is 2.82. The molecule has 0 aromatic heterocycles. The number of Topliss-reactive ketones (excluding diaryl/α,β-unsaturated/α-hetero) is 1. The molecule has 2 aromatic carbocycles. The molecule has 3 heteroatoms. The third-order valence-electron chi connectivity index (χ3n) is 3.36. The second kappa shape index (κ2) is 5.17. The Morgan fingerprint density at radius 2 is 2.05 bits per heavy atom. The average molecular weight is 272 g/mol. The molecule has 96 valence electrons. The van der Waals surface area contributed by atoms with Crippen molar-refractivity contribution < 1.29 is 9.18 Å². The van der Waals surface area contributed by atoms with E-state index in [0.717, 1.165) is 16.9 Å². The molecule has 0 spiro atoms. The second-order valence-electron chi connectivity index (χ2n) is 4.67. The first-order chi connectivity index (χ1) is 9.24. The number of rotatable bonds is 3. The summed E-state index contributed by atoms with van der Waals surface area (Å²) in [7, 11) is 0. The monoisotopic (exact) mass is 272 g/mol. The van der Waals surface area contributed by atoms with Crippen molar-refractivity contribution in [2.24, 2.45) is 0 Å². The van der Waals surface area contributed by atoms with Crippen molar-refractivity contribution in [2.75, 3.05) is 5.75 Å². The van der Waals surface area contributed by atoms with E-state index in [1.165, 1.54) is 17.0 Å². The van der Waals surface area contributed by atoms with Crippen LogP contribution >= 0.6 is 11.8 Å². The highest BCUT2D eigenvalue weighted by atomic mass is 32.2. The number of halogens is 1. The van der Waals surface area contributed by atoms with Gasteiger partial charge in [0.05, 0.1) is 5.92 Å². The molecule has 1 nitrogen and oxygen atoms in total. The van der Waals surface area contributed by atoms with Crippen molar-refractivity contribution in [3.05, 3.63) is 65.5 Å². The maximum Gasteiger partial charge on any atom is 0.145 e. The fourth-order valence-corrected chi connectivity index (χ4v) is 3.66. The van der Waals surface area contributed by atoms with Crippen molar-refractivity contribution >= 4 is 17.5 Å². The standard InChI is InChI=1S/C16H13FOS/c17-12-5-3-4-11(8-12)9-15(18)14-10-19-16-7-2-1-6-13(14)16/h1-8,14H,9-10H2. The Labute approximate surface area is 115 Å². The molecule has 1 atom stereocenters. The minimum Gasteiger partial charge on any atom is -0.299 e. The zero-order valence-corrected chi connectivity index (χ0v) is 11.1. The number of thioether (sulfide) groups is 1. The fourth-order valence-electron chi connectivity index (χ4n) is 2.40. The van der Waals surface area contributed by atoms with Gasteiger partial charge in [0.15, 0.2) is 0 Å². The first-order valence-corrected chi connectivity index (χ1v) is 7.21. The van der Waals surface area contributed by atoms with Crippen LogP contribution in [0.25, 0.3) is 0 Å². The predicted octanol–water partition coefficient (Wildman–Crippen LogP) is 3.83. The topological polar surface area (TPSA) is 17.1 Å². The lowest BCUT2D eigenvalue weighted by Gasteiger charge is -2.09. The molecule has 1 aliphatic heterocycles. The van der Waals surface area contributed by atoms with Gasteiger partial charge in [0.1, 0.15) is 11.6 Å². The van der Waals surface area contributed by atoms with Crippen molar-refractivity contribution in [3.63, 3.8) is 0 Å². The highest BCUT2D eigenvalue weighted by Crippen LogP contribution is 2.40. The number of carbonyl (C=O) groups is 1. The summed E-state index contributed by atoms with van der Waals surface area (Å²) in [6.07, 6.45) is 0.303. The summed E-state index contributed by atoms with van der Waals surface area (Å²) in [6.45, 7) is 0. The highest BCUT2D eigenvalue weighted by Gasteiger charge is 2.28. The van der Waals surface area contributed by atoms with Gasteiger partial charge in [-0.15, -0.1) is 11.8 Å². The van der Waals surface area contributed by atoms with Crippen LogP contribution in [0.4, 0.5) is 4.39 Å². The number of hydrogen-bond donors (Lipinski definition) is 0. The Morgan fingerprint density at radius 3 is 2.89 bits per heavy atom. The summed E-state index contributed by atoms with van der Waals surface area (Å²) in [5, 5.41) is 0. The SMILES string of the molecule is O=C(Cc1cccc(F)c1)C1CSc2ccccc21. The molecule has 0 saturated heterocycles. The molecule has 1 heterocycles. The van der Waals surface area contributed by atoms with E-state index < -0.39 is 0 Å². The molecule has 1 unspecified atom stereocenters. The van der Waals surface area contributed by atoms with Gasteiger partial charge in [-0.1, -0.05) is 30.3 Å². The number of carbonyl (C=O) groups excluding carboxylic acids is 1. The molecule has 3 rings (SSSR count). The Bertz CT molecular complexity index is 624. The minimum atomic E-state index is -0.286. The van der Waals surface area contributed by atoms with E-state index in [1.54, 1.807) is 23.9 Å². The second-order valence-corrected chi connectivity index (χ2v) is 5.74. The summed E-state index contributed by atoms with van der Waals surface area (Å²) in [5.41, 5.74) is 1.87. The molecule has 0 N–H and O–H groups in total. The van der Waals surface area contributed by atoms with Gasteiger partial charge in [-0.25, -0.2) is 4.39 Å². The summed E-state index contributed by atoms with van der Waals surface area (Å²) >= 11 is 1.72. The summed E-state index contributed by atoms with van der Waals surface area (Å²) in [5.74, 6) is 0.632. The van der Waals surface area contributed by atoms with Crippen molar-refractivity contribution in [1.29, 1.82) is 0 Å². The van der Waals surface area contributed by atoms with Gasteiger partial charge in [0, 0.05) is 17.1 Å². The Hall–Kier alpha value is -1.61. The zero-order chi connectivity index (χ0) is 13.2. The van der Waals surface area contributed by atoms with Crippen LogP contribution in [0.15, 0.2) is 53.4 Å². The Morgan fingerprint density at radius 1 is 1.21 bits per heavy atom. The van der Waals surface area contributed by atoms with Crippen LogP contribution in [0.1, 0.15) is 17.0 Å². The van der Waals surface area contributed by atoms with Gasteiger partial charge in [0.2, 0.25) is 0 Å². The fraction of sp³-hybridized carbons (Fsp3) is 0.188. The van der Waals surface area contributed by atoms with Crippen molar-refractivity contribution in [1.82, 2.24) is 0 Å². The lowest BCUT2D eigenvalue weighted by molar-refractivity contribution is -0.119. The summed E-state index contributed by atoms with van der Waals surface area (Å²) in [6, 6.07) is 14.3. The van der Waals surface area contributed by atoms with Crippen LogP contribution in [0.5, 0.6) is 0 Å². The van der Waals surface area contributed by atoms with Gasteiger partial charge >= 0.3 is 0 Å². The van der Waals surface area contributed by atoms with Crippen molar-refractivity contribution in [3.8, 4) is 0 Å². The van der Waals surface area contributed by atoms with Gasteiger partial charge in [-0.2, -0.15) is 0 Å². The number of ketones is 1. The molecule has 0 radical (unpaired) electrons. The van der Waals surface area contributed by atoms with Crippen LogP contribution in [0.2, 0.25) is 0 Å². The van der Waals surface area contributed by atoms with Crippen LogP contribution < -0.4 is 0 Å². The van der Waals surface area contributed by atoms with Gasteiger partial charge in [-0.3, -0.25) is 4.79 Å². The third kappa shape index (κ3) is 2.56. The predicted molar refractivity (Wildman–Crippen MR) is 75.0 cm³/mol.